The van der Waals surface area contributed by atoms with Crippen molar-refractivity contribution in [1.82, 2.24) is 24.7 Å². The van der Waals surface area contributed by atoms with E-state index in [0.717, 1.165) is 42.9 Å². The number of aromatic nitrogens is 2. The zero-order chi connectivity index (χ0) is 22.9. The van der Waals surface area contributed by atoms with Crippen LogP contribution in [0.4, 0.5) is 5.95 Å². The molecule has 170 valence electrons. The summed E-state index contributed by atoms with van der Waals surface area (Å²) in [6.07, 6.45) is 1.05. The van der Waals surface area contributed by atoms with Gasteiger partial charge >= 0.3 is 0 Å². The van der Waals surface area contributed by atoms with Gasteiger partial charge in [0.2, 0.25) is 11.9 Å². The molecule has 3 heterocycles. The van der Waals surface area contributed by atoms with E-state index in [1.54, 1.807) is 4.90 Å². The van der Waals surface area contributed by atoms with Crippen LogP contribution in [0.5, 0.6) is 0 Å². The minimum atomic E-state index is -0.157. The van der Waals surface area contributed by atoms with E-state index in [1.165, 1.54) is 0 Å². The molecule has 1 fully saturated rings. The largest absolute Gasteiger partial charge is 0.368 e. The first-order valence-electron chi connectivity index (χ1n) is 11.4. The highest BCUT2D eigenvalue weighted by Crippen LogP contribution is 2.27. The number of piperazine rings is 1. The SMILES string of the molecule is CN1CCN(C(=O)CCc2ccc3nc(N)nc(C(=O)N4Cc5ccccc5C4)c3c2)CC1. The van der Waals surface area contributed by atoms with Gasteiger partial charge in [0.05, 0.1) is 5.52 Å². The van der Waals surface area contributed by atoms with Crippen molar-refractivity contribution in [3.05, 3.63) is 64.8 Å². The van der Waals surface area contributed by atoms with Gasteiger partial charge in [-0.25, -0.2) is 9.97 Å². The maximum absolute atomic E-state index is 13.4. The molecule has 2 aliphatic rings. The maximum Gasteiger partial charge on any atom is 0.273 e. The van der Waals surface area contributed by atoms with Gasteiger partial charge in [-0.2, -0.15) is 0 Å². The summed E-state index contributed by atoms with van der Waals surface area (Å²) in [5.41, 5.74) is 10.2. The Morgan fingerprint density at radius 3 is 2.33 bits per heavy atom. The Morgan fingerprint density at radius 2 is 1.64 bits per heavy atom. The first-order valence-corrected chi connectivity index (χ1v) is 11.4. The van der Waals surface area contributed by atoms with E-state index in [1.807, 2.05) is 47.4 Å². The fraction of sp³-hybridized carbons (Fsp3) is 0.360. The number of nitrogen functional groups attached to an aromatic ring is 1. The normalized spacial score (nSPS) is 16.3. The average molecular weight is 445 g/mol. The molecule has 0 spiro atoms. The van der Waals surface area contributed by atoms with Crippen molar-refractivity contribution in [2.75, 3.05) is 39.0 Å². The van der Waals surface area contributed by atoms with Crippen molar-refractivity contribution in [3.63, 3.8) is 0 Å². The van der Waals surface area contributed by atoms with E-state index < -0.39 is 0 Å². The highest BCUT2D eigenvalue weighted by atomic mass is 16.2. The summed E-state index contributed by atoms with van der Waals surface area (Å²) in [6, 6.07) is 13.8. The smallest absolute Gasteiger partial charge is 0.273 e. The third-order valence-electron chi connectivity index (χ3n) is 6.59. The Balaban J connectivity index is 1.35. The summed E-state index contributed by atoms with van der Waals surface area (Å²) >= 11 is 0. The molecule has 0 saturated carbocycles. The number of likely N-dealkylation sites (N-methyl/N-ethyl adjacent to an activating group) is 1. The second-order valence-electron chi connectivity index (χ2n) is 8.90. The summed E-state index contributed by atoms with van der Waals surface area (Å²) in [5.74, 6) is 0.0967. The molecule has 5 rings (SSSR count). The molecule has 2 aliphatic heterocycles. The summed E-state index contributed by atoms with van der Waals surface area (Å²) in [7, 11) is 2.07. The molecule has 0 radical (unpaired) electrons. The molecule has 0 bridgehead atoms. The van der Waals surface area contributed by atoms with Crippen LogP contribution >= 0.6 is 0 Å². The summed E-state index contributed by atoms with van der Waals surface area (Å²) < 4.78 is 0. The zero-order valence-electron chi connectivity index (χ0n) is 18.8. The van der Waals surface area contributed by atoms with Gasteiger partial charge < -0.3 is 20.4 Å². The Bertz CT molecular complexity index is 1190. The molecule has 0 unspecified atom stereocenters. The van der Waals surface area contributed by atoms with E-state index in [0.29, 0.717) is 42.5 Å². The van der Waals surface area contributed by atoms with Crippen LogP contribution in [0, 0.1) is 0 Å². The molecule has 8 heteroatoms. The highest BCUT2D eigenvalue weighted by Gasteiger charge is 2.27. The molecule has 1 saturated heterocycles. The zero-order valence-corrected chi connectivity index (χ0v) is 18.8. The van der Waals surface area contributed by atoms with E-state index in [9.17, 15) is 9.59 Å². The predicted octanol–water partition coefficient (Wildman–Crippen LogP) is 2.07. The number of fused-ring (bicyclic) bond motifs is 2. The molecular weight excluding hydrogens is 416 g/mol. The average Bonchev–Trinajstić information content (AvgIpc) is 3.26. The molecule has 2 N–H and O–H groups in total. The number of carbonyl (C=O) groups excluding carboxylic acids is 2. The van der Waals surface area contributed by atoms with Gasteiger partial charge in [0.25, 0.3) is 5.91 Å². The standard InChI is InChI=1S/C25H28N6O2/c1-29-10-12-30(13-11-29)22(32)9-7-17-6-8-21-20(14-17)23(28-25(26)27-21)24(33)31-15-18-4-2-3-5-19(18)16-31/h2-6,8,14H,7,9-13,15-16H2,1H3,(H2,26,27,28). The number of hydrogen-bond acceptors (Lipinski definition) is 6. The number of rotatable bonds is 4. The number of carbonyl (C=O) groups is 2. The lowest BCUT2D eigenvalue weighted by Gasteiger charge is -2.32. The molecule has 2 aromatic carbocycles. The predicted molar refractivity (Wildman–Crippen MR) is 126 cm³/mol. The van der Waals surface area contributed by atoms with Crippen LogP contribution < -0.4 is 5.73 Å². The minimum Gasteiger partial charge on any atom is -0.368 e. The lowest BCUT2D eigenvalue weighted by atomic mass is 10.0. The first-order chi connectivity index (χ1) is 16.0. The number of amides is 2. The number of anilines is 1. The van der Waals surface area contributed by atoms with Crippen LogP contribution in [0.2, 0.25) is 0 Å². The maximum atomic E-state index is 13.4. The van der Waals surface area contributed by atoms with Crippen molar-refractivity contribution >= 4 is 28.7 Å². The Hall–Kier alpha value is -3.52. The second kappa shape index (κ2) is 8.78. The van der Waals surface area contributed by atoms with Gasteiger partial charge in [-0.1, -0.05) is 30.3 Å². The number of hydrogen-bond donors (Lipinski definition) is 1. The Kier molecular flexibility index (Phi) is 5.68. The van der Waals surface area contributed by atoms with E-state index >= 15 is 0 Å². The summed E-state index contributed by atoms with van der Waals surface area (Å²) in [5, 5.41) is 0.676. The molecule has 1 aromatic heterocycles. The summed E-state index contributed by atoms with van der Waals surface area (Å²) in [6.45, 7) is 4.48. The lowest BCUT2D eigenvalue weighted by molar-refractivity contribution is -0.132. The molecule has 33 heavy (non-hydrogen) atoms. The monoisotopic (exact) mass is 444 g/mol. The fourth-order valence-corrected chi connectivity index (χ4v) is 4.60. The van der Waals surface area contributed by atoms with Crippen LogP contribution in [0.15, 0.2) is 42.5 Å². The van der Waals surface area contributed by atoms with E-state index in [-0.39, 0.29) is 17.8 Å². The van der Waals surface area contributed by atoms with Crippen LogP contribution in [0.25, 0.3) is 10.9 Å². The quantitative estimate of drug-likeness (QED) is 0.662. The molecule has 3 aromatic rings. The van der Waals surface area contributed by atoms with Gasteiger partial charge in [0, 0.05) is 51.1 Å². The third kappa shape index (κ3) is 4.39. The molecule has 2 amide bonds. The first kappa shape index (κ1) is 21.3. The number of nitrogens with two attached hydrogens (primary N) is 1. The lowest BCUT2D eigenvalue weighted by Crippen LogP contribution is -2.47. The topological polar surface area (TPSA) is 95.7 Å². The summed E-state index contributed by atoms with van der Waals surface area (Å²) in [4.78, 5) is 40.7. The second-order valence-corrected chi connectivity index (χ2v) is 8.90. The molecule has 0 aliphatic carbocycles. The number of nitrogens with zero attached hydrogens (tertiary/aromatic N) is 5. The van der Waals surface area contributed by atoms with E-state index in [4.69, 9.17) is 5.73 Å². The Morgan fingerprint density at radius 1 is 0.939 bits per heavy atom. The van der Waals surface area contributed by atoms with Gasteiger partial charge in [-0.05, 0) is 42.3 Å². The molecule has 8 nitrogen and oxygen atoms in total. The van der Waals surface area contributed by atoms with Crippen LogP contribution in [-0.4, -0.2) is 69.7 Å². The van der Waals surface area contributed by atoms with Crippen molar-refractivity contribution in [1.29, 1.82) is 0 Å². The third-order valence-corrected chi connectivity index (χ3v) is 6.59. The number of benzene rings is 2. The van der Waals surface area contributed by atoms with Crippen LogP contribution in [-0.2, 0) is 24.3 Å². The highest BCUT2D eigenvalue weighted by molar-refractivity contribution is 6.05. The van der Waals surface area contributed by atoms with Crippen molar-refractivity contribution in [2.24, 2.45) is 0 Å². The Labute approximate surface area is 193 Å². The molecule has 0 atom stereocenters. The number of aryl methyl sites for hydroxylation is 1. The minimum absolute atomic E-state index is 0.0838. The van der Waals surface area contributed by atoms with Gasteiger partial charge in [-0.3, -0.25) is 9.59 Å². The van der Waals surface area contributed by atoms with Crippen LogP contribution in [0.1, 0.15) is 33.6 Å². The van der Waals surface area contributed by atoms with Crippen molar-refractivity contribution in [3.8, 4) is 0 Å². The van der Waals surface area contributed by atoms with Crippen molar-refractivity contribution < 1.29 is 9.59 Å². The molecular formula is C25H28N6O2. The fourth-order valence-electron chi connectivity index (χ4n) is 4.60. The van der Waals surface area contributed by atoms with Gasteiger partial charge in [-0.15, -0.1) is 0 Å². The van der Waals surface area contributed by atoms with Crippen molar-refractivity contribution in [2.45, 2.75) is 25.9 Å². The van der Waals surface area contributed by atoms with Crippen LogP contribution in [0.3, 0.4) is 0 Å². The van der Waals surface area contributed by atoms with Gasteiger partial charge in [0.1, 0.15) is 5.69 Å². The van der Waals surface area contributed by atoms with E-state index in [2.05, 4.69) is 21.9 Å². The van der Waals surface area contributed by atoms with Gasteiger partial charge in [0.15, 0.2) is 0 Å².